The number of carbonyl (C=O) groups is 1. The number of anilines is 1. The number of benzene rings is 1. The Morgan fingerprint density at radius 3 is 2.89 bits per heavy atom. The van der Waals surface area contributed by atoms with E-state index in [9.17, 15) is 4.79 Å². The zero-order valence-corrected chi connectivity index (χ0v) is 11.5. The molecule has 0 aliphatic carbocycles. The second-order valence-corrected chi connectivity index (χ2v) is 5.37. The van der Waals surface area contributed by atoms with Crippen LogP contribution in [0.25, 0.3) is 0 Å². The van der Waals surface area contributed by atoms with Crippen LogP contribution in [0.2, 0.25) is 0 Å². The maximum absolute atomic E-state index is 12.2. The summed E-state index contributed by atoms with van der Waals surface area (Å²) in [5.41, 5.74) is 3.29. The first-order chi connectivity index (χ1) is 8.58. The Balaban J connectivity index is 2.04. The van der Waals surface area contributed by atoms with Crippen LogP contribution in [0, 0.1) is 19.8 Å². The lowest BCUT2D eigenvalue weighted by Gasteiger charge is -2.31. The van der Waals surface area contributed by atoms with Gasteiger partial charge in [-0.3, -0.25) is 0 Å². The van der Waals surface area contributed by atoms with E-state index in [0.29, 0.717) is 5.92 Å². The number of nitrogens with one attached hydrogen (secondary N) is 1. The van der Waals surface area contributed by atoms with E-state index in [4.69, 9.17) is 0 Å². The van der Waals surface area contributed by atoms with E-state index in [-0.39, 0.29) is 6.03 Å². The number of rotatable bonds is 1. The fourth-order valence-electron chi connectivity index (χ4n) is 2.45. The molecule has 1 N–H and O–H groups in total. The minimum atomic E-state index is 0.0373. The Bertz CT molecular complexity index is 442. The number of hydrogen-bond donors (Lipinski definition) is 1. The summed E-state index contributed by atoms with van der Waals surface area (Å²) in [6, 6.07) is 6.05. The fraction of sp³-hybridized carbons (Fsp3) is 0.533. The quantitative estimate of drug-likeness (QED) is 0.807. The van der Waals surface area contributed by atoms with Gasteiger partial charge in [0.2, 0.25) is 0 Å². The molecule has 1 unspecified atom stereocenters. The third kappa shape index (κ3) is 2.84. The molecule has 1 aromatic rings. The maximum Gasteiger partial charge on any atom is 0.321 e. The van der Waals surface area contributed by atoms with E-state index in [1.807, 2.05) is 24.0 Å². The van der Waals surface area contributed by atoms with Gasteiger partial charge in [0.1, 0.15) is 0 Å². The molecule has 1 atom stereocenters. The van der Waals surface area contributed by atoms with Gasteiger partial charge >= 0.3 is 6.03 Å². The van der Waals surface area contributed by atoms with Gasteiger partial charge in [-0.05, 0) is 49.8 Å². The molecular formula is C15H22N2O. The normalized spacial score (nSPS) is 19.7. The third-order valence-electron chi connectivity index (χ3n) is 3.79. The minimum Gasteiger partial charge on any atom is -0.324 e. The number of hydrogen-bond acceptors (Lipinski definition) is 1. The number of nitrogens with zero attached hydrogens (tertiary/aromatic N) is 1. The third-order valence-corrected chi connectivity index (χ3v) is 3.79. The van der Waals surface area contributed by atoms with Gasteiger partial charge in [-0.1, -0.05) is 19.1 Å². The summed E-state index contributed by atoms with van der Waals surface area (Å²) in [5, 5.41) is 3.03. The summed E-state index contributed by atoms with van der Waals surface area (Å²) in [7, 11) is 0. The molecule has 0 spiro atoms. The van der Waals surface area contributed by atoms with Crippen LogP contribution in [-0.4, -0.2) is 24.0 Å². The summed E-state index contributed by atoms with van der Waals surface area (Å²) in [6.07, 6.45) is 2.34. The molecule has 1 heterocycles. The van der Waals surface area contributed by atoms with Crippen molar-refractivity contribution in [1.82, 2.24) is 4.90 Å². The number of amides is 2. The van der Waals surface area contributed by atoms with E-state index < -0.39 is 0 Å². The smallest absolute Gasteiger partial charge is 0.321 e. The number of likely N-dealkylation sites (tertiary alicyclic amines) is 1. The van der Waals surface area contributed by atoms with E-state index in [1.165, 1.54) is 12.0 Å². The van der Waals surface area contributed by atoms with Crippen LogP contribution in [0.4, 0.5) is 10.5 Å². The second-order valence-electron chi connectivity index (χ2n) is 5.37. The number of aryl methyl sites for hydroxylation is 1. The van der Waals surface area contributed by atoms with Crippen LogP contribution < -0.4 is 5.32 Å². The summed E-state index contributed by atoms with van der Waals surface area (Å²) in [4.78, 5) is 14.1. The van der Waals surface area contributed by atoms with Gasteiger partial charge in [0.25, 0.3) is 0 Å². The van der Waals surface area contributed by atoms with Crippen molar-refractivity contribution in [3.8, 4) is 0 Å². The van der Waals surface area contributed by atoms with Crippen LogP contribution in [0.15, 0.2) is 18.2 Å². The Hall–Kier alpha value is -1.51. The van der Waals surface area contributed by atoms with E-state index in [1.54, 1.807) is 0 Å². The second kappa shape index (κ2) is 5.42. The van der Waals surface area contributed by atoms with E-state index in [0.717, 1.165) is 30.8 Å². The molecule has 0 saturated carbocycles. The van der Waals surface area contributed by atoms with Crippen molar-refractivity contribution in [2.24, 2.45) is 5.92 Å². The summed E-state index contributed by atoms with van der Waals surface area (Å²) >= 11 is 0. The number of carbonyl (C=O) groups excluding carboxylic acids is 1. The van der Waals surface area contributed by atoms with Crippen molar-refractivity contribution in [1.29, 1.82) is 0 Å². The van der Waals surface area contributed by atoms with Crippen molar-refractivity contribution in [2.75, 3.05) is 18.4 Å². The van der Waals surface area contributed by atoms with Crippen molar-refractivity contribution < 1.29 is 4.79 Å². The molecule has 98 valence electrons. The molecule has 0 radical (unpaired) electrons. The van der Waals surface area contributed by atoms with Crippen molar-refractivity contribution in [2.45, 2.75) is 33.6 Å². The highest BCUT2D eigenvalue weighted by atomic mass is 16.2. The zero-order chi connectivity index (χ0) is 13.1. The molecule has 1 aliphatic rings. The van der Waals surface area contributed by atoms with E-state index >= 15 is 0 Å². The van der Waals surface area contributed by atoms with Gasteiger partial charge in [-0.2, -0.15) is 0 Å². The van der Waals surface area contributed by atoms with Gasteiger partial charge in [0.15, 0.2) is 0 Å². The largest absolute Gasteiger partial charge is 0.324 e. The SMILES string of the molecule is Cc1cccc(NC(=O)N2CCCC(C)C2)c1C. The summed E-state index contributed by atoms with van der Waals surface area (Å²) in [6.45, 7) is 8.06. The topological polar surface area (TPSA) is 32.3 Å². The Kier molecular flexibility index (Phi) is 3.90. The van der Waals surface area contributed by atoms with Crippen molar-refractivity contribution in [3.05, 3.63) is 29.3 Å². The monoisotopic (exact) mass is 246 g/mol. The molecular weight excluding hydrogens is 224 g/mol. The predicted molar refractivity (Wildman–Crippen MR) is 74.9 cm³/mol. The van der Waals surface area contributed by atoms with Crippen LogP contribution in [-0.2, 0) is 0 Å². The predicted octanol–water partition coefficient (Wildman–Crippen LogP) is 3.57. The maximum atomic E-state index is 12.2. The van der Waals surface area contributed by atoms with Crippen molar-refractivity contribution >= 4 is 11.7 Å². The molecule has 1 fully saturated rings. The molecule has 2 rings (SSSR count). The van der Waals surface area contributed by atoms with Crippen LogP contribution >= 0.6 is 0 Å². The first-order valence-corrected chi connectivity index (χ1v) is 6.70. The fourth-order valence-corrected chi connectivity index (χ4v) is 2.45. The summed E-state index contributed by atoms with van der Waals surface area (Å²) in [5.74, 6) is 0.614. The van der Waals surface area contributed by atoms with Crippen molar-refractivity contribution in [3.63, 3.8) is 0 Å². The number of piperidine rings is 1. The average Bonchev–Trinajstić information content (AvgIpc) is 2.35. The minimum absolute atomic E-state index is 0.0373. The molecule has 1 saturated heterocycles. The lowest BCUT2D eigenvalue weighted by molar-refractivity contribution is 0.182. The highest BCUT2D eigenvalue weighted by molar-refractivity contribution is 5.90. The lowest BCUT2D eigenvalue weighted by Crippen LogP contribution is -2.41. The molecule has 0 bridgehead atoms. The lowest BCUT2D eigenvalue weighted by atomic mass is 10.0. The molecule has 3 nitrogen and oxygen atoms in total. The van der Waals surface area contributed by atoms with Crippen LogP contribution in [0.3, 0.4) is 0 Å². The molecule has 1 aromatic carbocycles. The highest BCUT2D eigenvalue weighted by Crippen LogP contribution is 2.20. The van der Waals surface area contributed by atoms with Gasteiger partial charge in [0, 0.05) is 18.8 Å². The Morgan fingerprint density at radius 1 is 1.39 bits per heavy atom. The van der Waals surface area contributed by atoms with Gasteiger partial charge in [0.05, 0.1) is 0 Å². The van der Waals surface area contributed by atoms with Gasteiger partial charge in [-0.25, -0.2) is 4.79 Å². The molecule has 18 heavy (non-hydrogen) atoms. The highest BCUT2D eigenvalue weighted by Gasteiger charge is 2.21. The Morgan fingerprint density at radius 2 is 2.17 bits per heavy atom. The molecule has 0 aromatic heterocycles. The first kappa shape index (κ1) is 12.9. The average molecular weight is 246 g/mol. The number of urea groups is 1. The van der Waals surface area contributed by atoms with Crippen LogP contribution in [0.5, 0.6) is 0 Å². The zero-order valence-electron chi connectivity index (χ0n) is 11.5. The molecule has 2 amide bonds. The van der Waals surface area contributed by atoms with Gasteiger partial charge < -0.3 is 10.2 Å². The molecule has 1 aliphatic heterocycles. The van der Waals surface area contributed by atoms with E-state index in [2.05, 4.69) is 25.2 Å². The Labute approximate surface area is 109 Å². The van der Waals surface area contributed by atoms with Gasteiger partial charge in [-0.15, -0.1) is 0 Å². The molecule has 3 heteroatoms. The summed E-state index contributed by atoms with van der Waals surface area (Å²) < 4.78 is 0. The van der Waals surface area contributed by atoms with Crippen LogP contribution in [0.1, 0.15) is 30.9 Å². The first-order valence-electron chi connectivity index (χ1n) is 6.70. The standard InChI is InChI=1S/C15H22N2O/c1-11-6-5-9-17(10-11)15(18)16-14-8-4-7-12(2)13(14)3/h4,7-8,11H,5-6,9-10H2,1-3H3,(H,16,18).